The van der Waals surface area contributed by atoms with Gasteiger partial charge >= 0.3 is 0 Å². The van der Waals surface area contributed by atoms with Crippen molar-refractivity contribution in [2.45, 2.75) is 18.4 Å². The van der Waals surface area contributed by atoms with Crippen LogP contribution in [0.5, 0.6) is 0 Å². The Morgan fingerprint density at radius 1 is 1.44 bits per heavy atom. The van der Waals surface area contributed by atoms with Crippen LogP contribution in [0.2, 0.25) is 5.02 Å². The van der Waals surface area contributed by atoms with Crippen molar-refractivity contribution in [3.8, 4) is 0 Å². The number of nitrogens with one attached hydrogen (secondary N) is 1. The van der Waals surface area contributed by atoms with Crippen molar-refractivity contribution in [2.24, 2.45) is 0 Å². The number of halogens is 1. The largest absolute Gasteiger partial charge is 0.348 e. The first-order valence-corrected chi connectivity index (χ1v) is 7.23. The summed E-state index contributed by atoms with van der Waals surface area (Å²) in [7, 11) is 3.52. The number of hydrogen-bond acceptors (Lipinski definition) is 3. The average molecular weight is 287 g/mol. The van der Waals surface area contributed by atoms with Crippen LogP contribution < -0.4 is 5.32 Å². The van der Waals surface area contributed by atoms with E-state index in [1.54, 1.807) is 19.0 Å². The Labute approximate surface area is 118 Å². The van der Waals surface area contributed by atoms with Crippen LogP contribution in [0.4, 0.5) is 0 Å². The Morgan fingerprint density at radius 3 is 2.72 bits per heavy atom. The average Bonchev–Trinajstić information content (AvgIpc) is 2.34. The van der Waals surface area contributed by atoms with Gasteiger partial charge in [0.05, 0.1) is 5.75 Å². The molecule has 0 unspecified atom stereocenters. The summed E-state index contributed by atoms with van der Waals surface area (Å²) < 4.78 is 0. The molecular weight excluding hydrogens is 268 g/mol. The van der Waals surface area contributed by atoms with Crippen LogP contribution >= 0.6 is 23.4 Å². The molecule has 0 aliphatic heterocycles. The summed E-state index contributed by atoms with van der Waals surface area (Å²) in [6, 6.07) is 5.93. The summed E-state index contributed by atoms with van der Waals surface area (Å²) in [5, 5.41) is 3.99. The predicted octanol–water partition coefficient (Wildman–Crippen LogP) is 2.63. The zero-order valence-corrected chi connectivity index (χ0v) is 12.6. The lowest BCUT2D eigenvalue weighted by molar-refractivity contribution is -0.125. The van der Waals surface area contributed by atoms with Gasteiger partial charge in [0.25, 0.3) is 0 Å². The van der Waals surface area contributed by atoms with Crippen molar-refractivity contribution in [2.75, 3.05) is 26.4 Å². The molecule has 1 aromatic carbocycles. The Morgan fingerprint density at radius 2 is 2.17 bits per heavy atom. The van der Waals surface area contributed by atoms with Gasteiger partial charge in [0.15, 0.2) is 0 Å². The number of benzene rings is 1. The molecule has 0 atom stereocenters. The van der Waals surface area contributed by atoms with Gasteiger partial charge in [-0.2, -0.15) is 0 Å². The van der Waals surface area contributed by atoms with Crippen molar-refractivity contribution in [1.29, 1.82) is 0 Å². The van der Waals surface area contributed by atoms with Crippen LogP contribution in [-0.2, 0) is 11.3 Å². The van der Waals surface area contributed by atoms with E-state index in [4.69, 9.17) is 11.6 Å². The van der Waals surface area contributed by atoms with Crippen LogP contribution in [-0.4, -0.2) is 37.2 Å². The summed E-state index contributed by atoms with van der Waals surface area (Å²) >= 11 is 7.70. The quantitative estimate of drug-likeness (QED) is 0.816. The molecule has 0 spiro atoms. The van der Waals surface area contributed by atoms with Gasteiger partial charge in [0.1, 0.15) is 0 Å². The number of carbonyl (C=O) groups is 1. The second-order valence-electron chi connectivity index (χ2n) is 4.11. The van der Waals surface area contributed by atoms with E-state index >= 15 is 0 Å². The molecule has 1 N–H and O–H groups in total. The predicted molar refractivity (Wildman–Crippen MR) is 78.3 cm³/mol. The molecule has 1 aromatic rings. The number of carbonyl (C=O) groups excluding carboxylic acids is 1. The zero-order valence-electron chi connectivity index (χ0n) is 11.0. The Hall–Kier alpha value is -0.710. The molecular formula is C13H19ClN2OS. The molecule has 18 heavy (non-hydrogen) atoms. The lowest BCUT2D eigenvalue weighted by Crippen LogP contribution is -2.23. The smallest absolute Gasteiger partial charge is 0.232 e. The second kappa shape index (κ2) is 7.67. The minimum Gasteiger partial charge on any atom is -0.348 e. The fourth-order valence-electron chi connectivity index (χ4n) is 1.30. The second-order valence-corrected chi connectivity index (χ2v) is 5.57. The molecule has 0 aromatic heterocycles. The molecule has 0 saturated carbocycles. The fourth-order valence-corrected chi connectivity index (χ4v) is 2.52. The van der Waals surface area contributed by atoms with Crippen molar-refractivity contribution in [3.05, 3.63) is 28.8 Å². The summed E-state index contributed by atoms with van der Waals surface area (Å²) in [5.74, 6) is 0.545. The monoisotopic (exact) mass is 286 g/mol. The third-order valence-electron chi connectivity index (χ3n) is 2.45. The SMILES string of the molecule is CCNCc1ccc(SCC(=O)N(C)C)cc1Cl. The highest BCUT2D eigenvalue weighted by molar-refractivity contribution is 8.00. The van der Waals surface area contributed by atoms with Gasteiger partial charge in [-0.1, -0.05) is 24.6 Å². The number of hydrogen-bond donors (Lipinski definition) is 1. The van der Waals surface area contributed by atoms with E-state index in [1.165, 1.54) is 11.8 Å². The maximum atomic E-state index is 11.5. The van der Waals surface area contributed by atoms with Crippen LogP contribution in [0.25, 0.3) is 0 Å². The molecule has 3 nitrogen and oxygen atoms in total. The lowest BCUT2D eigenvalue weighted by atomic mass is 10.2. The Balaban J connectivity index is 2.58. The Bertz CT molecular complexity index is 410. The van der Waals surface area contributed by atoms with Crippen molar-refractivity contribution < 1.29 is 4.79 Å². The molecule has 0 saturated heterocycles. The van der Waals surface area contributed by atoms with Gasteiger partial charge in [0.2, 0.25) is 5.91 Å². The van der Waals surface area contributed by atoms with Gasteiger partial charge in [-0.25, -0.2) is 0 Å². The first-order chi connectivity index (χ1) is 8.54. The molecule has 0 radical (unpaired) electrons. The van der Waals surface area contributed by atoms with E-state index in [1.807, 2.05) is 18.2 Å². The number of rotatable bonds is 6. The molecule has 100 valence electrons. The minimum atomic E-state index is 0.104. The van der Waals surface area contributed by atoms with Crippen molar-refractivity contribution in [1.82, 2.24) is 10.2 Å². The topological polar surface area (TPSA) is 32.3 Å². The van der Waals surface area contributed by atoms with Gasteiger partial charge in [0, 0.05) is 30.6 Å². The summed E-state index contributed by atoms with van der Waals surface area (Å²) in [4.78, 5) is 14.1. The van der Waals surface area contributed by atoms with Crippen molar-refractivity contribution >= 4 is 29.3 Å². The molecule has 5 heteroatoms. The molecule has 1 amide bonds. The van der Waals surface area contributed by atoms with E-state index in [-0.39, 0.29) is 5.91 Å². The van der Waals surface area contributed by atoms with E-state index in [9.17, 15) is 4.79 Å². The summed E-state index contributed by atoms with van der Waals surface area (Å²) in [6.45, 7) is 3.76. The van der Waals surface area contributed by atoms with Crippen molar-refractivity contribution in [3.63, 3.8) is 0 Å². The van der Waals surface area contributed by atoms with Crippen LogP contribution in [0.1, 0.15) is 12.5 Å². The van der Waals surface area contributed by atoms with Gasteiger partial charge in [-0.3, -0.25) is 4.79 Å². The third kappa shape index (κ3) is 4.88. The van der Waals surface area contributed by atoms with Gasteiger partial charge in [-0.05, 0) is 24.2 Å². The van der Waals surface area contributed by atoms with Gasteiger partial charge in [-0.15, -0.1) is 11.8 Å². The molecule has 1 rings (SSSR count). The van der Waals surface area contributed by atoms with Crippen LogP contribution in [0.15, 0.2) is 23.1 Å². The molecule has 0 bridgehead atoms. The first-order valence-electron chi connectivity index (χ1n) is 5.86. The maximum Gasteiger partial charge on any atom is 0.232 e. The van der Waals surface area contributed by atoms with E-state index < -0.39 is 0 Å². The Kier molecular flexibility index (Phi) is 6.54. The third-order valence-corrected chi connectivity index (χ3v) is 3.78. The number of amides is 1. The highest BCUT2D eigenvalue weighted by Gasteiger charge is 2.06. The number of thioether (sulfide) groups is 1. The number of nitrogens with zero attached hydrogens (tertiary/aromatic N) is 1. The summed E-state index contributed by atoms with van der Waals surface area (Å²) in [5.41, 5.74) is 1.09. The fraction of sp³-hybridized carbons (Fsp3) is 0.462. The van der Waals surface area contributed by atoms with E-state index in [0.29, 0.717) is 5.75 Å². The molecule has 0 aliphatic rings. The maximum absolute atomic E-state index is 11.5. The zero-order chi connectivity index (χ0) is 13.5. The normalized spacial score (nSPS) is 10.4. The standard InChI is InChI=1S/C13H19ClN2OS/c1-4-15-8-10-5-6-11(7-12(10)14)18-9-13(17)16(2)3/h5-7,15H,4,8-9H2,1-3H3. The minimum absolute atomic E-state index is 0.104. The molecule has 0 aliphatic carbocycles. The summed E-state index contributed by atoms with van der Waals surface area (Å²) in [6.07, 6.45) is 0. The highest BCUT2D eigenvalue weighted by atomic mass is 35.5. The lowest BCUT2D eigenvalue weighted by Gasteiger charge is -2.10. The van der Waals surface area contributed by atoms with Crippen LogP contribution in [0.3, 0.4) is 0 Å². The molecule has 0 heterocycles. The first kappa shape index (κ1) is 15.3. The van der Waals surface area contributed by atoms with E-state index in [0.717, 1.165) is 28.6 Å². The highest BCUT2D eigenvalue weighted by Crippen LogP contribution is 2.25. The molecule has 0 fully saturated rings. The van der Waals surface area contributed by atoms with Gasteiger partial charge < -0.3 is 10.2 Å². The van der Waals surface area contributed by atoms with Crippen LogP contribution in [0, 0.1) is 0 Å². The van der Waals surface area contributed by atoms with E-state index in [2.05, 4.69) is 12.2 Å².